The summed E-state index contributed by atoms with van der Waals surface area (Å²) in [5.74, 6) is -0.527. The third-order valence-electron chi connectivity index (χ3n) is 3.20. The molecule has 0 atom stereocenters. The Hall–Kier alpha value is -2.41. The average Bonchev–Trinajstić information content (AvgIpc) is 2.81. The van der Waals surface area contributed by atoms with Gasteiger partial charge in [-0.3, -0.25) is 9.78 Å². The molecule has 0 bridgehead atoms. The molecule has 112 valence electrons. The van der Waals surface area contributed by atoms with Crippen molar-refractivity contribution in [2.24, 2.45) is 0 Å². The number of hydrogen-bond acceptors (Lipinski definition) is 4. The van der Waals surface area contributed by atoms with E-state index in [1.807, 2.05) is 0 Å². The molecule has 0 saturated heterocycles. The highest BCUT2D eigenvalue weighted by atomic mass is 32.1. The van der Waals surface area contributed by atoms with Crippen LogP contribution in [0.4, 0.5) is 18.2 Å². The van der Waals surface area contributed by atoms with E-state index in [9.17, 15) is 18.0 Å². The minimum Gasteiger partial charge on any atom is -0.390 e. The molecule has 7 heteroatoms. The van der Waals surface area contributed by atoms with Crippen LogP contribution < -0.4 is 5.73 Å². The number of thiophene rings is 1. The minimum atomic E-state index is -4.50. The molecule has 0 saturated carbocycles. The topological polar surface area (TPSA) is 56.0 Å². The summed E-state index contributed by atoms with van der Waals surface area (Å²) in [6, 6.07) is 5.95. The highest BCUT2D eigenvalue weighted by molar-refractivity contribution is 7.23. The van der Waals surface area contributed by atoms with Gasteiger partial charge in [0.2, 0.25) is 0 Å². The number of nitrogens with zero attached hydrogens (tertiary/aromatic N) is 1. The van der Waals surface area contributed by atoms with E-state index in [0.29, 0.717) is 5.39 Å². The lowest BCUT2D eigenvalue weighted by atomic mass is 10.0. The van der Waals surface area contributed by atoms with Crippen molar-refractivity contribution in [3.05, 3.63) is 59.4 Å². The second kappa shape index (κ2) is 5.10. The van der Waals surface area contributed by atoms with Gasteiger partial charge in [0.05, 0.1) is 20.8 Å². The van der Waals surface area contributed by atoms with Gasteiger partial charge < -0.3 is 5.73 Å². The van der Waals surface area contributed by atoms with Crippen LogP contribution >= 0.6 is 11.3 Å². The molecule has 0 aliphatic heterocycles. The molecule has 0 aliphatic rings. The Balaban J connectivity index is 2.13. The molecule has 2 N–H and O–H groups in total. The van der Waals surface area contributed by atoms with Crippen LogP contribution in [-0.4, -0.2) is 10.8 Å². The second-order valence-corrected chi connectivity index (χ2v) is 5.70. The van der Waals surface area contributed by atoms with Crippen molar-refractivity contribution in [1.82, 2.24) is 4.98 Å². The maximum absolute atomic E-state index is 12.8. The van der Waals surface area contributed by atoms with Gasteiger partial charge in [0.15, 0.2) is 5.78 Å². The maximum atomic E-state index is 12.8. The van der Waals surface area contributed by atoms with E-state index in [1.165, 1.54) is 29.7 Å². The van der Waals surface area contributed by atoms with Gasteiger partial charge in [0.25, 0.3) is 0 Å². The number of rotatable bonds is 2. The molecular formula is C15H9F3N2OS. The summed E-state index contributed by atoms with van der Waals surface area (Å²) >= 11 is 1.18. The van der Waals surface area contributed by atoms with E-state index < -0.39 is 17.5 Å². The first kappa shape index (κ1) is 14.5. The van der Waals surface area contributed by atoms with E-state index in [0.717, 1.165) is 16.8 Å². The molecule has 2 aromatic heterocycles. The van der Waals surface area contributed by atoms with Crippen molar-refractivity contribution in [3.8, 4) is 0 Å². The Morgan fingerprint density at radius 2 is 2.00 bits per heavy atom. The summed E-state index contributed by atoms with van der Waals surface area (Å²) in [4.78, 5) is 16.5. The first-order chi connectivity index (χ1) is 10.4. The maximum Gasteiger partial charge on any atom is 0.416 e. The zero-order valence-corrected chi connectivity index (χ0v) is 11.8. The Kier molecular flexibility index (Phi) is 3.37. The van der Waals surface area contributed by atoms with Crippen LogP contribution in [-0.2, 0) is 6.18 Å². The number of aromatic nitrogens is 1. The number of anilines is 1. The van der Waals surface area contributed by atoms with Crippen molar-refractivity contribution < 1.29 is 18.0 Å². The number of hydrogen-bond donors (Lipinski definition) is 1. The highest BCUT2D eigenvalue weighted by Gasteiger charge is 2.31. The molecule has 0 radical (unpaired) electrons. The molecule has 0 spiro atoms. The first-order valence-corrected chi connectivity index (χ1v) is 7.03. The molecule has 3 nitrogen and oxygen atoms in total. The van der Waals surface area contributed by atoms with Crippen molar-refractivity contribution in [1.29, 1.82) is 0 Å². The predicted molar refractivity (Wildman–Crippen MR) is 78.9 cm³/mol. The Labute approximate surface area is 127 Å². The second-order valence-electron chi connectivity index (χ2n) is 4.62. The zero-order chi connectivity index (χ0) is 15.9. The number of halogens is 3. The van der Waals surface area contributed by atoms with Crippen LogP contribution in [0.2, 0.25) is 0 Å². The average molecular weight is 322 g/mol. The van der Waals surface area contributed by atoms with Crippen LogP contribution in [0.1, 0.15) is 21.5 Å². The fraction of sp³-hybridized carbons (Fsp3) is 0.0667. The van der Waals surface area contributed by atoms with Gasteiger partial charge in [-0.25, -0.2) is 0 Å². The summed E-state index contributed by atoms with van der Waals surface area (Å²) in [5.41, 5.74) is 5.18. The lowest BCUT2D eigenvalue weighted by molar-refractivity contribution is -0.137. The van der Waals surface area contributed by atoms with E-state index in [-0.39, 0.29) is 16.1 Å². The zero-order valence-electron chi connectivity index (χ0n) is 11.0. The summed E-state index contributed by atoms with van der Waals surface area (Å²) in [7, 11) is 0. The number of carbonyl (C=O) groups is 1. The van der Waals surface area contributed by atoms with Crippen LogP contribution in [0.3, 0.4) is 0 Å². The van der Waals surface area contributed by atoms with Gasteiger partial charge in [-0.2, -0.15) is 13.2 Å². The van der Waals surface area contributed by atoms with Gasteiger partial charge in [-0.05, 0) is 18.2 Å². The van der Waals surface area contributed by atoms with Gasteiger partial charge in [-0.15, -0.1) is 11.3 Å². The predicted octanol–water partition coefficient (Wildman–Crippen LogP) is 4.13. The summed E-state index contributed by atoms with van der Waals surface area (Å²) in [5, 5.41) is 0.866. The van der Waals surface area contributed by atoms with Gasteiger partial charge in [0, 0.05) is 23.3 Å². The normalized spacial score (nSPS) is 11.8. The highest BCUT2D eigenvalue weighted by Crippen LogP contribution is 2.35. The number of nitrogens with two attached hydrogens (primary N) is 1. The fourth-order valence-electron chi connectivity index (χ4n) is 2.19. The molecule has 2 heterocycles. The molecule has 1 aromatic carbocycles. The van der Waals surface area contributed by atoms with E-state index in [1.54, 1.807) is 12.3 Å². The quantitative estimate of drug-likeness (QED) is 0.722. The van der Waals surface area contributed by atoms with Gasteiger partial charge >= 0.3 is 6.18 Å². The van der Waals surface area contributed by atoms with Crippen LogP contribution in [0, 0.1) is 0 Å². The van der Waals surface area contributed by atoms with Crippen LogP contribution in [0.15, 0.2) is 42.7 Å². The Morgan fingerprint density at radius 1 is 1.23 bits per heavy atom. The third-order valence-corrected chi connectivity index (χ3v) is 4.17. The summed E-state index contributed by atoms with van der Waals surface area (Å²) < 4.78 is 39.0. The number of nitrogen functional groups attached to an aromatic ring is 1. The van der Waals surface area contributed by atoms with Crippen LogP contribution in [0.25, 0.3) is 10.1 Å². The molecule has 0 fully saturated rings. The Bertz CT molecular complexity index is 871. The van der Waals surface area contributed by atoms with Crippen molar-refractivity contribution in [2.45, 2.75) is 6.18 Å². The molecule has 0 aliphatic carbocycles. The molecule has 3 aromatic rings. The standard InChI is InChI=1S/C15H9F3N2OS/c16-15(17,18)9-3-1-2-8(6-9)13(21)12-10-4-5-20-7-11(10)22-14(12)19/h1-7H,19H2. The Morgan fingerprint density at radius 3 is 2.73 bits per heavy atom. The van der Waals surface area contributed by atoms with Crippen molar-refractivity contribution in [2.75, 3.05) is 5.73 Å². The number of pyridine rings is 1. The van der Waals surface area contributed by atoms with Gasteiger partial charge in [-0.1, -0.05) is 12.1 Å². The SMILES string of the molecule is Nc1sc2cnccc2c1C(=O)c1cccc(C(F)(F)F)c1. The van der Waals surface area contributed by atoms with E-state index in [4.69, 9.17) is 5.73 Å². The molecular weight excluding hydrogens is 313 g/mol. The monoisotopic (exact) mass is 322 g/mol. The number of benzene rings is 1. The minimum absolute atomic E-state index is 0.0435. The van der Waals surface area contributed by atoms with E-state index in [2.05, 4.69) is 4.98 Å². The lowest BCUT2D eigenvalue weighted by Crippen LogP contribution is -2.08. The first-order valence-electron chi connectivity index (χ1n) is 6.22. The third kappa shape index (κ3) is 2.43. The van der Waals surface area contributed by atoms with Gasteiger partial charge in [0.1, 0.15) is 0 Å². The molecule has 0 amide bonds. The molecule has 0 unspecified atom stereocenters. The lowest BCUT2D eigenvalue weighted by Gasteiger charge is -2.08. The van der Waals surface area contributed by atoms with E-state index >= 15 is 0 Å². The van der Waals surface area contributed by atoms with Crippen LogP contribution in [0.5, 0.6) is 0 Å². The molecule has 3 rings (SSSR count). The molecule has 22 heavy (non-hydrogen) atoms. The number of carbonyl (C=O) groups excluding carboxylic acids is 1. The fourth-order valence-corrected chi connectivity index (χ4v) is 3.12. The van der Waals surface area contributed by atoms with Crippen molar-refractivity contribution >= 4 is 32.2 Å². The largest absolute Gasteiger partial charge is 0.416 e. The number of fused-ring (bicyclic) bond motifs is 1. The van der Waals surface area contributed by atoms with Crippen molar-refractivity contribution in [3.63, 3.8) is 0 Å². The number of alkyl halides is 3. The summed E-state index contributed by atoms with van der Waals surface area (Å²) in [6.45, 7) is 0. The summed E-state index contributed by atoms with van der Waals surface area (Å²) in [6.07, 6.45) is -1.42. The smallest absolute Gasteiger partial charge is 0.390 e. The number of ketones is 1.